The van der Waals surface area contributed by atoms with Gasteiger partial charge in [-0.1, -0.05) is 18.2 Å². The molecule has 29 heavy (non-hydrogen) atoms. The third-order valence-electron chi connectivity index (χ3n) is 4.44. The maximum absolute atomic E-state index is 12.6. The fourth-order valence-corrected chi connectivity index (χ4v) is 2.91. The number of fused-ring (bicyclic) bond motifs is 1. The standard InChI is InChI=1S/C21H21N3O5/c1-28-12-11-24-20(26)17-6-4-3-5-16(17)18(23-24)13-22-19(25)14-7-9-15(10-8-14)21(27)29-2/h3-10H,11-13H2,1-2H3,(H,22,25). The molecule has 8 heteroatoms. The molecule has 0 aliphatic heterocycles. The minimum Gasteiger partial charge on any atom is -0.465 e. The minimum absolute atomic E-state index is 0.144. The van der Waals surface area contributed by atoms with Crippen LogP contribution in [0.4, 0.5) is 0 Å². The lowest BCUT2D eigenvalue weighted by molar-refractivity contribution is 0.0600. The van der Waals surface area contributed by atoms with Crippen molar-refractivity contribution in [3.8, 4) is 0 Å². The summed E-state index contributed by atoms with van der Waals surface area (Å²) >= 11 is 0. The van der Waals surface area contributed by atoms with Gasteiger partial charge in [-0.3, -0.25) is 9.59 Å². The fourth-order valence-electron chi connectivity index (χ4n) is 2.91. The summed E-state index contributed by atoms with van der Waals surface area (Å²) in [5, 5.41) is 8.43. The average Bonchev–Trinajstić information content (AvgIpc) is 2.77. The van der Waals surface area contributed by atoms with E-state index in [2.05, 4.69) is 15.2 Å². The highest BCUT2D eigenvalue weighted by atomic mass is 16.5. The van der Waals surface area contributed by atoms with Gasteiger partial charge in [-0.05, 0) is 30.3 Å². The Kier molecular flexibility index (Phi) is 6.36. The van der Waals surface area contributed by atoms with E-state index in [1.54, 1.807) is 37.4 Å². The molecule has 0 fully saturated rings. The van der Waals surface area contributed by atoms with Crippen LogP contribution in [-0.2, 0) is 22.6 Å². The first-order valence-electron chi connectivity index (χ1n) is 8.99. The maximum atomic E-state index is 12.6. The van der Waals surface area contributed by atoms with Gasteiger partial charge in [0.05, 0.1) is 43.4 Å². The molecule has 150 valence electrons. The summed E-state index contributed by atoms with van der Waals surface area (Å²) in [4.78, 5) is 36.6. The highest BCUT2D eigenvalue weighted by Gasteiger charge is 2.13. The van der Waals surface area contributed by atoms with Gasteiger partial charge >= 0.3 is 5.97 Å². The average molecular weight is 395 g/mol. The predicted molar refractivity (Wildman–Crippen MR) is 107 cm³/mol. The van der Waals surface area contributed by atoms with E-state index in [-0.39, 0.29) is 18.0 Å². The minimum atomic E-state index is -0.467. The SMILES string of the molecule is COCCn1nc(CNC(=O)c2ccc(C(=O)OC)cc2)c2ccccc2c1=O. The van der Waals surface area contributed by atoms with E-state index >= 15 is 0 Å². The van der Waals surface area contributed by atoms with Gasteiger partial charge in [0.25, 0.3) is 11.5 Å². The number of rotatable bonds is 7. The molecule has 1 amide bonds. The van der Waals surface area contributed by atoms with E-state index in [4.69, 9.17) is 4.74 Å². The summed E-state index contributed by atoms with van der Waals surface area (Å²) < 4.78 is 11.0. The van der Waals surface area contributed by atoms with Crippen LogP contribution >= 0.6 is 0 Å². The van der Waals surface area contributed by atoms with Crippen molar-refractivity contribution in [3.63, 3.8) is 0 Å². The molecule has 0 atom stereocenters. The van der Waals surface area contributed by atoms with Crippen LogP contribution in [0.25, 0.3) is 10.8 Å². The molecular weight excluding hydrogens is 374 g/mol. The Morgan fingerprint density at radius 2 is 1.66 bits per heavy atom. The van der Waals surface area contributed by atoms with E-state index in [1.807, 2.05) is 6.07 Å². The zero-order valence-corrected chi connectivity index (χ0v) is 16.2. The zero-order valence-electron chi connectivity index (χ0n) is 16.2. The van der Waals surface area contributed by atoms with Gasteiger partial charge in [0.1, 0.15) is 0 Å². The van der Waals surface area contributed by atoms with Crippen molar-refractivity contribution in [2.75, 3.05) is 20.8 Å². The van der Waals surface area contributed by atoms with E-state index in [9.17, 15) is 14.4 Å². The number of amides is 1. The lowest BCUT2D eigenvalue weighted by atomic mass is 10.1. The number of hydrogen-bond acceptors (Lipinski definition) is 6. The monoisotopic (exact) mass is 395 g/mol. The van der Waals surface area contributed by atoms with Crippen LogP contribution in [0.15, 0.2) is 53.3 Å². The summed E-state index contributed by atoms with van der Waals surface area (Å²) in [5.74, 6) is -0.784. The Labute approximate surface area is 167 Å². The van der Waals surface area contributed by atoms with Crippen LogP contribution < -0.4 is 10.9 Å². The summed E-state index contributed by atoms with van der Waals surface area (Å²) in [7, 11) is 2.85. The molecule has 0 radical (unpaired) electrons. The number of nitrogens with one attached hydrogen (secondary N) is 1. The first-order chi connectivity index (χ1) is 14.0. The largest absolute Gasteiger partial charge is 0.465 e. The predicted octanol–water partition coefficient (Wildman–Crippen LogP) is 1.76. The summed E-state index contributed by atoms with van der Waals surface area (Å²) in [6.07, 6.45) is 0. The zero-order chi connectivity index (χ0) is 20.8. The van der Waals surface area contributed by atoms with Crippen molar-refractivity contribution in [3.05, 3.63) is 75.7 Å². The van der Waals surface area contributed by atoms with Crippen LogP contribution in [0, 0.1) is 0 Å². The normalized spacial score (nSPS) is 10.7. The van der Waals surface area contributed by atoms with Gasteiger partial charge in [0.2, 0.25) is 0 Å². The molecule has 0 aliphatic carbocycles. The number of ether oxygens (including phenoxy) is 2. The smallest absolute Gasteiger partial charge is 0.337 e. The van der Waals surface area contributed by atoms with Crippen LogP contribution in [0.3, 0.4) is 0 Å². The fraction of sp³-hybridized carbons (Fsp3) is 0.238. The molecule has 0 unspecified atom stereocenters. The van der Waals surface area contributed by atoms with Crippen molar-refractivity contribution in [1.29, 1.82) is 0 Å². The van der Waals surface area contributed by atoms with Crippen LogP contribution in [0.2, 0.25) is 0 Å². The molecule has 0 spiro atoms. The molecule has 8 nitrogen and oxygen atoms in total. The van der Waals surface area contributed by atoms with Crippen LogP contribution in [0.1, 0.15) is 26.4 Å². The highest BCUT2D eigenvalue weighted by molar-refractivity contribution is 5.96. The summed E-state index contributed by atoms with van der Waals surface area (Å²) in [5.41, 5.74) is 1.14. The van der Waals surface area contributed by atoms with Crippen molar-refractivity contribution < 1.29 is 19.1 Å². The molecule has 1 aromatic heterocycles. The van der Waals surface area contributed by atoms with Crippen molar-refractivity contribution in [1.82, 2.24) is 15.1 Å². The number of carbonyl (C=O) groups excluding carboxylic acids is 2. The first-order valence-corrected chi connectivity index (χ1v) is 8.99. The lowest BCUT2D eigenvalue weighted by Crippen LogP contribution is -2.29. The molecule has 0 aliphatic rings. The van der Waals surface area contributed by atoms with Gasteiger partial charge < -0.3 is 14.8 Å². The van der Waals surface area contributed by atoms with E-state index < -0.39 is 5.97 Å². The van der Waals surface area contributed by atoms with Crippen molar-refractivity contribution in [2.24, 2.45) is 0 Å². The number of carbonyl (C=O) groups is 2. The second-order valence-corrected chi connectivity index (χ2v) is 6.26. The summed E-state index contributed by atoms with van der Waals surface area (Å²) in [6.45, 7) is 0.811. The topological polar surface area (TPSA) is 99.5 Å². The van der Waals surface area contributed by atoms with E-state index in [1.165, 1.54) is 23.9 Å². The molecule has 2 aromatic carbocycles. The number of aromatic nitrogens is 2. The second-order valence-electron chi connectivity index (χ2n) is 6.26. The first kappa shape index (κ1) is 20.2. The molecule has 3 aromatic rings. The number of nitrogens with zero attached hydrogens (tertiary/aromatic N) is 2. The highest BCUT2D eigenvalue weighted by Crippen LogP contribution is 2.13. The van der Waals surface area contributed by atoms with E-state index in [0.717, 1.165) is 0 Å². The number of benzene rings is 2. The summed E-state index contributed by atoms with van der Waals surface area (Å²) in [6, 6.07) is 13.3. The Balaban J connectivity index is 1.82. The quantitative estimate of drug-likeness (QED) is 0.612. The Morgan fingerprint density at radius 3 is 2.31 bits per heavy atom. The molecule has 0 bridgehead atoms. The Bertz CT molecular complexity index is 1090. The third-order valence-corrected chi connectivity index (χ3v) is 4.44. The Hall–Kier alpha value is -3.52. The second kappa shape index (κ2) is 9.11. The molecule has 0 saturated heterocycles. The van der Waals surface area contributed by atoms with Gasteiger partial charge in [0.15, 0.2) is 0 Å². The number of methoxy groups -OCH3 is 2. The molecule has 1 N–H and O–H groups in total. The van der Waals surface area contributed by atoms with Crippen LogP contribution in [0.5, 0.6) is 0 Å². The van der Waals surface area contributed by atoms with Gasteiger partial charge in [-0.25, -0.2) is 9.48 Å². The third kappa shape index (κ3) is 4.49. The molecular formula is C21H21N3O5. The van der Waals surface area contributed by atoms with Crippen LogP contribution in [-0.4, -0.2) is 42.5 Å². The van der Waals surface area contributed by atoms with Crippen molar-refractivity contribution in [2.45, 2.75) is 13.1 Å². The number of esters is 1. The van der Waals surface area contributed by atoms with Gasteiger partial charge in [0, 0.05) is 18.1 Å². The lowest BCUT2D eigenvalue weighted by Gasteiger charge is -2.12. The number of hydrogen-bond donors (Lipinski definition) is 1. The molecule has 3 rings (SSSR count). The van der Waals surface area contributed by atoms with E-state index in [0.29, 0.717) is 40.7 Å². The maximum Gasteiger partial charge on any atom is 0.337 e. The van der Waals surface area contributed by atoms with Gasteiger partial charge in [-0.15, -0.1) is 0 Å². The Morgan fingerprint density at radius 1 is 1.00 bits per heavy atom. The van der Waals surface area contributed by atoms with Crippen molar-refractivity contribution >= 4 is 22.6 Å². The molecule has 0 saturated carbocycles. The molecule has 1 heterocycles. The van der Waals surface area contributed by atoms with Gasteiger partial charge in [-0.2, -0.15) is 5.10 Å².